The molecule has 0 aromatic rings. The Morgan fingerprint density at radius 3 is 2.33 bits per heavy atom. The van der Waals surface area contributed by atoms with Gasteiger partial charge in [0.05, 0.1) is 12.0 Å². The van der Waals surface area contributed by atoms with Crippen molar-refractivity contribution >= 4 is 18.0 Å². The van der Waals surface area contributed by atoms with Gasteiger partial charge in [0.15, 0.2) is 0 Å². The van der Waals surface area contributed by atoms with Crippen LogP contribution in [0.2, 0.25) is 0 Å². The van der Waals surface area contributed by atoms with Crippen LogP contribution in [-0.2, 0) is 14.3 Å². The minimum atomic E-state index is -0.967. The lowest BCUT2D eigenvalue weighted by molar-refractivity contribution is -0.141. The van der Waals surface area contributed by atoms with Crippen molar-refractivity contribution in [3.63, 3.8) is 0 Å². The number of nitrogens with one attached hydrogen (secondary N) is 1. The van der Waals surface area contributed by atoms with Crippen molar-refractivity contribution in [2.45, 2.75) is 44.8 Å². The van der Waals surface area contributed by atoms with Gasteiger partial charge in [-0.1, -0.05) is 0 Å². The van der Waals surface area contributed by atoms with Crippen LogP contribution in [0.4, 0.5) is 4.79 Å². The zero-order valence-corrected chi connectivity index (χ0v) is 12.6. The van der Waals surface area contributed by atoms with E-state index in [2.05, 4.69) is 5.32 Å². The monoisotopic (exact) mass is 301 g/mol. The van der Waals surface area contributed by atoms with Crippen molar-refractivity contribution in [2.75, 3.05) is 19.6 Å². The molecule has 0 unspecified atom stereocenters. The van der Waals surface area contributed by atoms with Gasteiger partial charge < -0.3 is 25.8 Å². The van der Waals surface area contributed by atoms with E-state index < -0.39 is 29.1 Å². The summed E-state index contributed by atoms with van der Waals surface area (Å²) in [6.07, 6.45) is -0.487. The number of aliphatic carboxylic acids is 1. The first-order valence-corrected chi connectivity index (χ1v) is 6.76. The van der Waals surface area contributed by atoms with Crippen LogP contribution in [0, 0.1) is 0 Å². The molecule has 8 nitrogen and oxygen atoms in total. The molecule has 0 atom stereocenters. The lowest BCUT2D eigenvalue weighted by Gasteiger charge is -2.49. The van der Waals surface area contributed by atoms with Crippen molar-refractivity contribution in [1.29, 1.82) is 0 Å². The first kappa shape index (κ1) is 17.2. The van der Waals surface area contributed by atoms with Gasteiger partial charge >= 0.3 is 12.1 Å². The third-order valence-corrected chi connectivity index (χ3v) is 3.00. The molecule has 1 heterocycles. The number of carbonyl (C=O) groups is 3. The zero-order chi connectivity index (χ0) is 16.3. The summed E-state index contributed by atoms with van der Waals surface area (Å²) >= 11 is 0. The van der Waals surface area contributed by atoms with Crippen molar-refractivity contribution in [3.8, 4) is 0 Å². The van der Waals surface area contributed by atoms with Crippen LogP contribution >= 0.6 is 0 Å². The van der Waals surface area contributed by atoms with Crippen LogP contribution in [0.1, 0.15) is 33.6 Å². The van der Waals surface area contributed by atoms with Crippen molar-refractivity contribution < 1.29 is 24.2 Å². The Kier molecular flexibility index (Phi) is 5.16. The van der Waals surface area contributed by atoms with Crippen LogP contribution in [0.5, 0.6) is 0 Å². The van der Waals surface area contributed by atoms with E-state index in [9.17, 15) is 14.4 Å². The first-order valence-electron chi connectivity index (χ1n) is 6.76. The molecule has 1 rings (SSSR count). The van der Waals surface area contributed by atoms with Crippen LogP contribution in [0.15, 0.2) is 0 Å². The molecule has 0 aromatic carbocycles. The fraction of sp³-hybridized carbons (Fsp3) is 0.769. The Morgan fingerprint density at radius 2 is 1.90 bits per heavy atom. The Balaban J connectivity index is 2.55. The van der Waals surface area contributed by atoms with Gasteiger partial charge in [-0.3, -0.25) is 9.59 Å². The number of primary amides is 1. The van der Waals surface area contributed by atoms with Gasteiger partial charge in [0.2, 0.25) is 5.91 Å². The van der Waals surface area contributed by atoms with Gasteiger partial charge in [0, 0.05) is 26.1 Å². The SMILES string of the molecule is CC(C)(C)OC(=O)N1CC(CC(=O)O)(NCCC(N)=O)C1. The van der Waals surface area contributed by atoms with Crippen LogP contribution in [0.3, 0.4) is 0 Å². The van der Waals surface area contributed by atoms with Crippen molar-refractivity contribution in [3.05, 3.63) is 0 Å². The number of likely N-dealkylation sites (tertiary alicyclic amines) is 1. The van der Waals surface area contributed by atoms with Gasteiger partial charge in [-0.15, -0.1) is 0 Å². The average Bonchev–Trinajstić information content (AvgIpc) is 2.20. The second-order valence-corrected chi connectivity index (χ2v) is 6.33. The minimum absolute atomic E-state index is 0.119. The van der Waals surface area contributed by atoms with E-state index in [1.807, 2.05) is 0 Å². The highest BCUT2D eigenvalue weighted by Crippen LogP contribution is 2.26. The molecule has 0 aromatic heterocycles. The first-order chi connectivity index (χ1) is 9.53. The molecule has 0 radical (unpaired) electrons. The Morgan fingerprint density at radius 1 is 1.33 bits per heavy atom. The van der Waals surface area contributed by atoms with Gasteiger partial charge in [-0.2, -0.15) is 0 Å². The predicted molar refractivity (Wildman–Crippen MR) is 74.6 cm³/mol. The number of hydrogen-bond acceptors (Lipinski definition) is 5. The number of nitrogens with two attached hydrogens (primary N) is 1. The van der Waals surface area contributed by atoms with E-state index in [0.717, 1.165) is 0 Å². The summed E-state index contributed by atoms with van der Waals surface area (Å²) in [4.78, 5) is 35.0. The Labute approximate surface area is 123 Å². The Hall–Kier alpha value is -1.83. The molecule has 8 heteroatoms. The topological polar surface area (TPSA) is 122 Å². The van der Waals surface area contributed by atoms with E-state index >= 15 is 0 Å². The van der Waals surface area contributed by atoms with E-state index in [-0.39, 0.29) is 32.5 Å². The van der Waals surface area contributed by atoms with Crippen LogP contribution in [0.25, 0.3) is 0 Å². The molecule has 21 heavy (non-hydrogen) atoms. The fourth-order valence-electron chi connectivity index (χ4n) is 2.17. The van der Waals surface area contributed by atoms with Gasteiger partial charge in [0.25, 0.3) is 0 Å². The molecular weight excluding hydrogens is 278 g/mol. The maximum Gasteiger partial charge on any atom is 0.410 e. The number of carbonyl (C=O) groups excluding carboxylic acids is 2. The molecule has 120 valence electrons. The Bertz CT molecular complexity index is 424. The van der Waals surface area contributed by atoms with Gasteiger partial charge in [0.1, 0.15) is 5.60 Å². The van der Waals surface area contributed by atoms with E-state index in [0.29, 0.717) is 0 Å². The summed E-state index contributed by atoms with van der Waals surface area (Å²) < 4.78 is 5.22. The molecule has 2 amide bonds. The fourth-order valence-corrected chi connectivity index (χ4v) is 2.17. The van der Waals surface area contributed by atoms with Crippen LogP contribution in [-0.4, -0.2) is 58.8 Å². The quantitative estimate of drug-likeness (QED) is 0.630. The number of hydrogen-bond donors (Lipinski definition) is 3. The zero-order valence-electron chi connectivity index (χ0n) is 12.6. The third-order valence-electron chi connectivity index (χ3n) is 3.00. The summed E-state index contributed by atoms with van der Waals surface area (Å²) in [6, 6.07) is 0. The number of nitrogens with zero attached hydrogens (tertiary/aromatic N) is 1. The molecule has 0 spiro atoms. The largest absolute Gasteiger partial charge is 0.481 e. The third kappa shape index (κ3) is 5.58. The average molecular weight is 301 g/mol. The molecular formula is C13H23N3O5. The summed E-state index contributed by atoms with van der Waals surface area (Å²) in [6.45, 7) is 6.03. The second kappa shape index (κ2) is 6.30. The summed E-state index contributed by atoms with van der Waals surface area (Å²) in [5, 5.41) is 12.0. The van der Waals surface area contributed by atoms with Gasteiger partial charge in [-0.25, -0.2) is 4.79 Å². The molecule has 1 saturated heterocycles. The second-order valence-electron chi connectivity index (χ2n) is 6.33. The van der Waals surface area contributed by atoms with E-state index in [1.165, 1.54) is 4.90 Å². The molecule has 0 aliphatic carbocycles. The maximum absolute atomic E-state index is 11.9. The summed E-state index contributed by atoms with van der Waals surface area (Å²) in [7, 11) is 0. The molecule has 1 aliphatic heterocycles. The van der Waals surface area contributed by atoms with Crippen molar-refractivity contribution in [2.24, 2.45) is 5.73 Å². The highest BCUT2D eigenvalue weighted by atomic mass is 16.6. The summed E-state index contributed by atoms with van der Waals surface area (Å²) in [5.41, 5.74) is 3.73. The number of ether oxygens (including phenoxy) is 1. The smallest absolute Gasteiger partial charge is 0.410 e. The summed E-state index contributed by atoms with van der Waals surface area (Å²) in [5.74, 6) is -1.43. The molecule has 1 fully saturated rings. The normalized spacial score (nSPS) is 17.0. The lowest BCUT2D eigenvalue weighted by atomic mass is 9.86. The van der Waals surface area contributed by atoms with Crippen molar-refractivity contribution in [1.82, 2.24) is 10.2 Å². The highest BCUT2D eigenvalue weighted by molar-refractivity contribution is 5.74. The standard InChI is InChI=1S/C13H23N3O5/c1-12(2,3)21-11(20)16-7-13(8-16,6-10(18)19)15-5-4-9(14)17/h15H,4-8H2,1-3H3,(H2,14,17)(H,18,19). The van der Waals surface area contributed by atoms with E-state index in [1.54, 1.807) is 20.8 Å². The van der Waals surface area contributed by atoms with E-state index in [4.69, 9.17) is 15.6 Å². The molecule has 4 N–H and O–H groups in total. The number of amides is 2. The predicted octanol–water partition coefficient (Wildman–Crippen LogP) is -0.0844. The molecule has 1 aliphatic rings. The minimum Gasteiger partial charge on any atom is -0.481 e. The molecule has 0 bridgehead atoms. The van der Waals surface area contributed by atoms with Crippen LogP contribution < -0.4 is 11.1 Å². The number of rotatable bonds is 6. The molecule has 0 saturated carbocycles. The van der Waals surface area contributed by atoms with Gasteiger partial charge in [-0.05, 0) is 20.8 Å². The highest BCUT2D eigenvalue weighted by Gasteiger charge is 2.47. The lowest BCUT2D eigenvalue weighted by Crippen LogP contribution is -2.71. The maximum atomic E-state index is 11.9. The number of carboxylic acid groups (broad SMARTS) is 1. The number of carboxylic acids is 1.